The van der Waals surface area contributed by atoms with Crippen LogP contribution in [0.3, 0.4) is 0 Å². The lowest BCUT2D eigenvalue weighted by Gasteiger charge is -2.30. The largest absolute Gasteiger partial charge is 0.457 e. The number of nitrogens with two attached hydrogens (primary N) is 1. The van der Waals surface area contributed by atoms with Gasteiger partial charge < -0.3 is 15.8 Å². The molecule has 0 radical (unpaired) electrons. The molecule has 0 bridgehead atoms. The SMILES string of the molecule is Nc1ncnc(NCC2CCN(S(=O)/C=C/c3ccccc3)CC2)c1-c1ccc(Oc2ccccc2)cc1. The lowest BCUT2D eigenvalue weighted by molar-refractivity contribution is 0.294. The van der Waals surface area contributed by atoms with Crippen molar-refractivity contribution in [3.8, 4) is 22.6 Å². The fraction of sp³-hybridized carbons (Fsp3) is 0.200. The van der Waals surface area contributed by atoms with Gasteiger partial charge in [-0.2, -0.15) is 0 Å². The number of aromatic nitrogens is 2. The van der Waals surface area contributed by atoms with Crippen LogP contribution in [0, 0.1) is 5.92 Å². The number of hydrogen-bond donors (Lipinski definition) is 2. The fourth-order valence-electron chi connectivity index (χ4n) is 4.45. The molecule has 1 aliphatic rings. The van der Waals surface area contributed by atoms with Gasteiger partial charge in [0.1, 0.15) is 40.4 Å². The molecule has 1 saturated heterocycles. The van der Waals surface area contributed by atoms with Gasteiger partial charge in [0.25, 0.3) is 0 Å². The molecule has 7 nitrogen and oxygen atoms in total. The highest BCUT2D eigenvalue weighted by Gasteiger charge is 2.22. The quantitative estimate of drug-likeness (QED) is 0.279. The molecule has 0 saturated carbocycles. The minimum absolute atomic E-state index is 0.426. The van der Waals surface area contributed by atoms with Gasteiger partial charge in [0, 0.05) is 25.0 Å². The highest BCUT2D eigenvalue weighted by molar-refractivity contribution is 7.85. The summed E-state index contributed by atoms with van der Waals surface area (Å²) in [7, 11) is -1.12. The molecule has 0 aliphatic carbocycles. The number of ether oxygens (including phenoxy) is 1. The summed E-state index contributed by atoms with van der Waals surface area (Å²) in [5, 5.41) is 5.27. The minimum Gasteiger partial charge on any atom is -0.457 e. The molecule has 1 atom stereocenters. The van der Waals surface area contributed by atoms with E-state index in [4.69, 9.17) is 10.5 Å². The van der Waals surface area contributed by atoms with Crippen molar-refractivity contribution in [3.05, 3.63) is 102 Å². The highest BCUT2D eigenvalue weighted by Crippen LogP contribution is 2.33. The summed E-state index contributed by atoms with van der Waals surface area (Å²) >= 11 is 0. The Kier molecular flexibility index (Phi) is 8.42. The fourth-order valence-corrected chi connectivity index (χ4v) is 5.47. The van der Waals surface area contributed by atoms with E-state index < -0.39 is 11.0 Å². The maximum absolute atomic E-state index is 12.7. The van der Waals surface area contributed by atoms with Gasteiger partial charge in [-0.15, -0.1) is 0 Å². The molecule has 2 heterocycles. The minimum atomic E-state index is -1.12. The van der Waals surface area contributed by atoms with Crippen molar-refractivity contribution >= 4 is 28.7 Å². The van der Waals surface area contributed by atoms with Crippen molar-refractivity contribution < 1.29 is 8.95 Å². The molecular formula is C30H31N5O2S. The van der Waals surface area contributed by atoms with Crippen molar-refractivity contribution in [2.75, 3.05) is 30.7 Å². The van der Waals surface area contributed by atoms with E-state index in [1.54, 1.807) is 5.41 Å². The molecule has 3 aromatic carbocycles. The molecule has 0 spiro atoms. The number of benzene rings is 3. The molecule has 38 heavy (non-hydrogen) atoms. The molecule has 1 aliphatic heterocycles. The molecule has 5 rings (SSSR count). The van der Waals surface area contributed by atoms with Crippen LogP contribution in [0.25, 0.3) is 17.2 Å². The maximum Gasteiger partial charge on any atom is 0.139 e. The van der Waals surface area contributed by atoms with Crippen molar-refractivity contribution in [2.24, 2.45) is 5.92 Å². The summed E-state index contributed by atoms with van der Waals surface area (Å²) in [4.78, 5) is 8.70. The first-order valence-corrected chi connectivity index (χ1v) is 13.9. The summed E-state index contributed by atoms with van der Waals surface area (Å²) in [5.74, 6) is 3.12. The van der Waals surface area contributed by atoms with E-state index >= 15 is 0 Å². The molecule has 1 fully saturated rings. The molecule has 0 amide bonds. The van der Waals surface area contributed by atoms with Crippen molar-refractivity contribution in [2.45, 2.75) is 12.8 Å². The topological polar surface area (TPSA) is 93.4 Å². The summed E-state index contributed by atoms with van der Waals surface area (Å²) in [6, 6.07) is 27.4. The molecule has 1 aromatic heterocycles. The summed E-state index contributed by atoms with van der Waals surface area (Å²) in [6.07, 6.45) is 5.32. The van der Waals surface area contributed by atoms with E-state index in [2.05, 4.69) is 15.3 Å². The molecule has 1 unspecified atom stereocenters. The second-order valence-corrected chi connectivity index (χ2v) is 10.5. The van der Waals surface area contributed by atoms with Crippen molar-refractivity contribution in [3.63, 3.8) is 0 Å². The highest BCUT2D eigenvalue weighted by atomic mass is 32.2. The smallest absolute Gasteiger partial charge is 0.139 e. The second-order valence-electron chi connectivity index (χ2n) is 9.16. The predicted octanol–water partition coefficient (Wildman–Crippen LogP) is 5.98. The number of nitrogens with zero attached hydrogens (tertiary/aromatic N) is 3. The summed E-state index contributed by atoms with van der Waals surface area (Å²) in [5.41, 5.74) is 9.03. The van der Waals surface area contributed by atoms with E-state index in [0.29, 0.717) is 17.6 Å². The Morgan fingerprint density at radius 1 is 0.921 bits per heavy atom. The van der Waals surface area contributed by atoms with Crippen LogP contribution in [0.1, 0.15) is 18.4 Å². The number of piperidine rings is 1. The van der Waals surface area contributed by atoms with Crippen LogP contribution >= 0.6 is 0 Å². The van der Waals surface area contributed by atoms with E-state index in [0.717, 1.165) is 60.7 Å². The Bertz CT molecular complexity index is 1370. The lowest BCUT2D eigenvalue weighted by atomic mass is 9.98. The van der Waals surface area contributed by atoms with Gasteiger partial charge in [0.05, 0.1) is 5.56 Å². The van der Waals surface area contributed by atoms with Crippen molar-refractivity contribution in [1.82, 2.24) is 14.3 Å². The average molecular weight is 526 g/mol. The zero-order chi connectivity index (χ0) is 26.2. The number of nitrogens with one attached hydrogen (secondary N) is 1. The average Bonchev–Trinajstić information content (AvgIpc) is 2.97. The Morgan fingerprint density at radius 2 is 1.58 bits per heavy atom. The van der Waals surface area contributed by atoms with E-state index in [9.17, 15) is 4.21 Å². The normalized spacial score (nSPS) is 15.4. The van der Waals surface area contributed by atoms with Crippen LogP contribution in [-0.4, -0.2) is 38.1 Å². The third kappa shape index (κ3) is 6.65. The molecule has 4 aromatic rings. The Hall–Kier alpha value is -4.01. The van der Waals surface area contributed by atoms with E-state index in [-0.39, 0.29) is 0 Å². The summed E-state index contributed by atoms with van der Waals surface area (Å²) in [6.45, 7) is 2.35. The third-order valence-electron chi connectivity index (χ3n) is 6.56. The van der Waals surface area contributed by atoms with Gasteiger partial charge in [0.15, 0.2) is 0 Å². The standard InChI is InChI=1S/C30H31N5O2S/c31-29-28(25-11-13-27(14-12-25)37-26-9-5-2-6-10-26)30(34-22-33-29)32-21-24-15-18-35(19-16-24)38(36)20-17-23-7-3-1-4-8-23/h1-14,17,20,22,24H,15-16,18-19,21H2,(H3,31,32,33,34)/b20-17+. The molecule has 8 heteroatoms. The van der Waals surface area contributed by atoms with Crippen LogP contribution in [0.4, 0.5) is 11.6 Å². The van der Waals surface area contributed by atoms with Crippen LogP contribution in [0.2, 0.25) is 0 Å². The first-order valence-electron chi connectivity index (χ1n) is 12.7. The van der Waals surface area contributed by atoms with Crippen molar-refractivity contribution in [1.29, 1.82) is 0 Å². The first-order chi connectivity index (χ1) is 18.7. The van der Waals surface area contributed by atoms with E-state index in [1.165, 1.54) is 6.33 Å². The van der Waals surface area contributed by atoms with E-state index in [1.807, 2.05) is 95.3 Å². The maximum atomic E-state index is 12.7. The molecule has 194 valence electrons. The van der Waals surface area contributed by atoms with Gasteiger partial charge in [-0.3, -0.25) is 0 Å². The molecular weight excluding hydrogens is 494 g/mol. The Labute approximate surface area is 226 Å². The number of rotatable bonds is 9. The second kappa shape index (κ2) is 12.5. The zero-order valence-corrected chi connectivity index (χ0v) is 21.9. The number of hydrogen-bond acceptors (Lipinski definition) is 6. The number of nitrogen functional groups attached to an aromatic ring is 1. The van der Waals surface area contributed by atoms with Crippen LogP contribution in [0.5, 0.6) is 11.5 Å². The summed E-state index contributed by atoms with van der Waals surface area (Å²) < 4.78 is 20.7. The Balaban J connectivity index is 1.17. The van der Waals surface area contributed by atoms with Gasteiger partial charge in [-0.25, -0.2) is 18.5 Å². The zero-order valence-electron chi connectivity index (χ0n) is 21.1. The third-order valence-corrected chi connectivity index (χ3v) is 7.80. The van der Waals surface area contributed by atoms with Gasteiger partial charge >= 0.3 is 0 Å². The molecule has 3 N–H and O–H groups in total. The van der Waals surface area contributed by atoms with Gasteiger partial charge in [-0.1, -0.05) is 60.7 Å². The van der Waals surface area contributed by atoms with Crippen LogP contribution in [-0.2, 0) is 11.0 Å². The van der Waals surface area contributed by atoms with Crippen LogP contribution in [0.15, 0.2) is 96.7 Å². The monoisotopic (exact) mass is 525 g/mol. The van der Waals surface area contributed by atoms with Crippen LogP contribution < -0.4 is 15.8 Å². The number of anilines is 2. The number of para-hydroxylation sites is 1. The van der Waals surface area contributed by atoms with Gasteiger partial charge in [-0.05, 0) is 60.2 Å². The first kappa shape index (κ1) is 25.6. The lowest BCUT2D eigenvalue weighted by Crippen LogP contribution is -2.36. The predicted molar refractivity (Wildman–Crippen MR) is 155 cm³/mol. The Morgan fingerprint density at radius 3 is 2.29 bits per heavy atom. The van der Waals surface area contributed by atoms with Gasteiger partial charge in [0.2, 0.25) is 0 Å².